The molecule has 1 fully saturated rings. The molecule has 0 radical (unpaired) electrons. The van der Waals surface area contributed by atoms with Crippen molar-refractivity contribution >= 4 is 35.8 Å². The number of rotatable bonds is 10. The maximum Gasteiger partial charge on any atom is 0.360 e. The summed E-state index contributed by atoms with van der Waals surface area (Å²) >= 11 is 0. The van der Waals surface area contributed by atoms with Gasteiger partial charge in [-0.05, 0) is 0 Å². The molecule has 0 unspecified atom stereocenters. The van der Waals surface area contributed by atoms with Gasteiger partial charge in [-0.25, -0.2) is 9.59 Å². The van der Waals surface area contributed by atoms with Crippen molar-refractivity contribution in [3.05, 3.63) is 32.9 Å². The lowest BCUT2D eigenvalue weighted by Crippen LogP contribution is -2.70. The Labute approximate surface area is 236 Å². The van der Waals surface area contributed by atoms with Gasteiger partial charge in [0.05, 0.1) is 19.3 Å². The van der Waals surface area contributed by atoms with Crippen LogP contribution < -0.4 is 16.6 Å². The molecule has 0 aliphatic carbocycles. The molecule has 42 heavy (non-hydrogen) atoms. The third-order valence-corrected chi connectivity index (χ3v) is 5.80. The number of hydrogen-bond acceptors (Lipinski definition) is 14. The molecular formula is C24H30FN3O14. The second-order valence-electron chi connectivity index (χ2n) is 9.07. The van der Waals surface area contributed by atoms with Crippen LogP contribution in [-0.2, 0) is 62.9 Å². The second kappa shape index (κ2) is 13.8. The highest BCUT2D eigenvalue weighted by Crippen LogP contribution is 2.38. The molecule has 0 saturated carbocycles. The zero-order chi connectivity index (χ0) is 31.9. The number of aromatic nitrogens is 2. The van der Waals surface area contributed by atoms with Crippen molar-refractivity contribution in [3.8, 4) is 0 Å². The Morgan fingerprint density at radius 3 is 2.17 bits per heavy atom. The number of nitrogens with one attached hydrogen (secondary N) is 2. The van der Waals surface area contributed by atoms with E-state index in [9.17, 15) is 42.7 Å². The Kier molecular flexibility index (Phi) is 11.1. The van der Waals surface area contributed by atoms with E-state index in [1.54, 1.807) is 4.98 Å². The van der Waals surface area contributed by atoms with Crippen LogP contribution >= 0.6 is 0 Å². The van der Waals surface area contributed by atoms with Crippen LogP contribution in [0.3, 0.4) is 0 Å². The molecule has 0 spiro atoms. The van der Waals surface area contributed by atoms with E-state index < -0.39 is 102 Å². The van der Waals surface area contributed by atoms with Crippen molar-refractivity contribution in [2.45, 2.75) is 77.2 Å². The molecule has 2 rings (SSSR count). The second-order valence-corrected chi connectivity index (χ2v) is 9.07. The van der Waals surface area contributed by atoms with Gasteiger partial charge in [0, 0.05) is 41.0 Å². The molecule has 232 valence electrons. The molecular weight excluding hydrogens is 573 g/mol. The van der Waals surface area contributed by atoms with Crippen LogP contribution in [0.5, 0.6) is 0 Å². The molecule has 0 aromatic carbocycles. The maximum atomic E-state index is 14.5. The normalized spacial score (nSPS) is 23.0. The Balaban J connectivity index is 2.95. The number of halogens is 1. The van der Waals surface area contributed by atoms with Gasteiger partial charge >= 0.3 is 35.5 Å². The van der Waals surface area contributed by atoms with Crippen LogP contribution in [0, 0.1) is 5.82 Å². The van der Waals surface area contributed by atoms with Gasteiger partial charge in [0.2, 0.25) is 11.7 Å². The number of H-pyrrole nitrogens is 1. The van der Waals surface area contributed by atoms with Crippen LogP contribution in [0.1, 0.15) is 41.0 Å². The fraction of sp³-hybridized carbons (Fsp3) is 0.583. The Hall–Kier alpha value is -4.61. The van der Waals surface area contributed by atoms with Crippen molar-refractivity contribution < 1.29 is 61.6 Å². The number of hydrogen-bond donors (Lipinski definition) is 2. The molecule has 0 bridgehead atoms. The largest absolute Gasteiger partial charge is 0.465 e. The van der Waals surface area contributed by atoms with E-state index >= 15 is 0 Å². The number of methoxy groups -OCH3 is 1. The summed E-state index contributed by atoms with van der Waals surface area (Å²) in [6.45, 7) is 4.25. The molecule has 6 atom stereocenters. The van der Waals surface area contributed by atoms with Crippen LogP contribution in [0.15, 0.2) is 15.8 Å². The fourth-order valence-corrected chi connectivity index (χ4v) is 4.38. The third kappa shape index (κ3) is 7.99. The van der Waals surface area contributed by atoms with Crippen LogP contribution in [0.4, 0.5) is 4.39 Å². The molecule has 1 saturated heterocycles. The van der Waals surface area contributed by atoms with Gasteiger partial charge in [0.1, 0.15) is 18.8 Å². The van der Waals surface area contributed by atoms with Gasteiger partial charge in [-0.2, -0.15) is 4.39 Å². The van der Waals surface area contributed by atoms with Crippen molar-refractivity contribution in [3.63, 3.8) is 0 Å². The van der Waals surface area contributed by atoms with E-state index in [2.05, 4.69) is 5.32 Å². The van der Waals surface area contributed by atoms with Gasteiger partial charge in [-0.15, -0.1) is 0 Å². The van der Waals surface area contributed by atoms with E-state index in [-0.39, 0.29) is 0 Å². The van der Waals surface area contributed by atoms with Crippen molar-refractivity contribution in [2.24, 2.45) is 0 Å². The highest BCUT2D eigenvalue weighted by Gasteiger charge is 2.60. The first-order valence-corrected chi connectivity index (χ1v) is 12.2. The number of carbonyl (C=O) groups excluding carboxylic acids is 6. The summed E-state index contributed by atoms with van der Waals surface area (Å²) in [7, 11) is 0.877. The average Bonchev–Trinajstić information content (AvgIpc) is 2.87. The smallest absolute Gasteiger partial charge is 0.360 e. The Morgan fingerprint density at radius 1 is 1.05 bits per heavy atom. The lowest BCUT2D eigenvalue weighted by atomic mass is 9.86. The number of esters is 5. The number of amides is 1. The molecule has 1 aromatic heterocycles. The molecule has 2 heterocycles. The van der Waals surface area contributed by atoms with Crippen LogP contribution in [0.25, 0.3) is 0 Å². The van der Waals surface area contributed by atoms with Gasteiger partial charge in [-0.1, -0.05) is 0 Å². The number of nitrogens with zero attached hydrogens (tertiary/aromatic N) is 1. The highest BCUT2D eigenvalue weighted by atomic mass is 19.1. The quantitative estimate of drug-likeness (QED) is 0.221. The zero-order valence-electron chi connectivity index (χ0n) is 23.4. The van der Waals surface area contributed by atoms with Crippen LogP contribution in [-0.4, -0.2) is 89.5 Å². The molecule has 17 nitrogen and oxygen atoms in total. The molecule has 1 amide bonds. The molecule has 1 aromatic rings. The summed E-state index contributed by atoms with van der Waals surface area (Å²) in [4.78, 5) is 99.8. The molecule has 1 aliphatic rings. The van der Waals surface area contributed by atoms with Gasteiger partial charge in [-0.3, -0.25) is 38.3 Å². The average molecular weight is 604 g/mol. The first kappa shape index (κ1) is 33.6. The van der Waals surface area contributed by atoms with Gasteiger partial charge in [0.25, 0.3) is 11.3 Å². The Morgan fingerprint density at radius 2 is 1.67 bits per heavy atom. The monoisotopic (exact) mass is 603 g/mol. The van der Waals surface area contributed by atoms with Crippen molar-refractivity contribution in [1.29, 1.82) is 0 Å². The standard InChI is InChI=1S/C24H30FN3O14/c1-10(29)26-18-16(39-12(3)31)7-24(22(35)37-6,28-8-15(25)21(34)27-23(28)36)42-20(18)19(41-14(5)33)17(40-13(4)32)9-38-11(2)30/h8,16-20H,7,9H2,1-6H3,(H,26,29)(H,27,34,36)/t16-,17+,18+,19-,20+,24-/m0/s1. The van der Waals surface area contributed by atoms with Gasteiger partial charge < -0.3 is 33.7 Å². The first-order chi connectivity index (χ1) is 19.5. The SMILES string of the molecule is COC(=O)[C@]1(n2cc(F)c(=O)[nH]c2=O)C[C@H](OC(C)=O)[C@@H](NC(C)=O)[C@H]([C@@H](OC(C)=O)[C@@H](COC(C)=O)OC(C)=O)O1. The summed E-state index contributed by atoms with van der Waals surface area (Å²) < 4.78 is 46.5. The zero-order valence-corrected chi connectivity index (χ0v) is 23.4. The summed E-state index contributed by atoms with van der Waals surface area (Å²) in [5.74, 6) is -7.42. The van der Waals surface area contributed by atoms with E-state index in [0.717, 1.165) is 41.7 Å². The predicted molar refractivity (Wildman–Crippen MR) is 132 cm³/mol. The van der Waals surface area contributed by atoms with Crippen molar-refractivity contribution in [2.75, 3.05) is 13.7 Å². The minimum Gasteiger partial charge on any atom is -0.465 e. The minimum absolute atomic E-state index is 0.320. The highest BCUT2D eigenvalue weighted by molar-refractivity contribution is 5.78. The van der Waals surface area contributed by atoms with E-state index in [4.69, 9.17) is 28.4 Å². The topological polar surface area (TPSA) is 225 Å². The van der Waals surface area contributed by atoms with Crippen molar-refractivity contribution in [1.82, 2.24) is 14.9 Å². The minimum atomic E-state index is -2.75. The number of aromatic amines is 1. The van der Waals surface area contributed by atoms with Crippen LogP contribution in [0.2, 0.25) is 0 Å². The predicted octanol–water partition coefficient (Wildman–Crippen LogP) is -1.85. The number of carbonyl (C=O) groups is 6. The molecule has 1 aliphatic heterocycles. The van der Waals surface area contributed by atoms with E-state index in [1.165, 1.54) is 0 Å². The molecule has 2 N–H and O–H groups in total. The number of ether oxygens (including phenoxy) is 6. The first-order valence-electron chi connectivity index (χ1n) is 12.2. The third-order valence-electron chi connectivity index (χ3n) is 5.80. The Bertz CT molecular complexity index is 1360. The summed E-state index contributed by atoms with van der Waals surface area (Å²) in [6, 6.07) is -1.51. The maximum absolute atomic E-state index is 14.5. The lowest BCUT2D eigenvalue weighted by Gasteiger charge is -2.49. The fourth-order valence-electron chi connectivity index (χ4n) is 4.38. The summed E-state index contributed by atoms with van der Waals surface area (Å²) in [5.41, 5.74) is -5.56. The molecule has 18 heteroatoms. The van der Waals surface area contributed by atoms with E-state index in [1.807, 2.05) is 0 Å². The van der Waals surface area contributed by atoms with E-state index in [0.29, 0.717) is 10.8 Å². The summed E-state index contributed by atoms with van der Waals surface area (Å²) in [6.07, 6.45) is -7.49. The lowest BCUT2D eigenvalue weighted by molar-refractivity contribution is -0.264. The van der Waals surface area contributed by atoms with Gasteiger partial charge in [0.15, 0.2) is 12.2 Å². The summed E-state index contributed by atoms with van der Waals surface area (Å²) in [5, 5.41) is 2.44.